The van der Waals surface area contributed by atoms with Crippen molar-refractivity contribution in [3.63, 3.8) is 0 Å². The minimum absolute atomic E-state index is 0.0766. The quantitative estimate of drug-likeness (QED) is 0.115. The number of aliphatic carboxylic acids is 3. The predicted octanol–water partition coefficient (Wildman–Crippen LogP) is -2.34. The number of carbonyl (C=O) groups is 5. The van der Waals surface area contributed by atoms with E-state index in [1.165, 1.54) is 0 Å². The third kappa shape index (κ3) is 12.1. The molecule has 0 radical (unpaired) electrons. The second-order valence-electron chi connectivity index (χ2n) is 5.14. The number of carboxylic acid groups (broad SMARTS) is 3. The summed E-state index contributed by atoms with van der Waals surface area (Å²) in [4.78, 5) is 55.7. The van der Waals surface area contributed by atoms with E-state index in [9.17, 15) is 24.0 Å². The maximum absolute atomic E-state index is 12.0. The highest BCUT2D eigenvalue weighted by Crippen LogP contribution is 2.17. The Bertz CT molecular complexity index is 562. The zero-order chi connectivity index (χ0) is 21.0. The molecule has 0 fully saturated rings. The summed E-state index contributed by atoms with van der Waals surface area (Å²) in [5.41, 5.74) is 10.6. The normalized spacial score (nSPS) is 13.9. The molecule has 0 heterocycles. The number of hydrogen-bond donors (Lipinski definition) is 7. The zero-order valence-electron chi connectivity index (χ0n) is 14.1. The molecule has 2 amide bonds. The highest BCUT2D eigenvalue weighted by Gasteiger charge is 2.23. The van der Waals surface area contributed by atoms with Gasteiger partial charge in [0.2, 0.25) is 5.91 Å². The highest BCUT2D eigenvalue weighted by atomic mass is 32.2. The smallest absolute Gasteiger partial charge is 0.322 e. The summed E-state index contributed by atoms with van der Waals surface area (Å²) in [6.45, 7) is -0.646. The number of carboxylic acids is 3. The van der Waals surface area contributed by atoms with Crippen LogP contribution in [-0.2, 0) is 24.0 Å². The molecule has 0 bridgehead atoms. The SMILES string of the molecule is N[C@H](CSCS[C@@H](NC(=O)CC[C@H](N)C(=O)O)C(=O)NCC(=O)O)C(=O)O. The molecule has 27 heavy (non-hydrogen) atoms. The van der Waals surface area contributed by atoms with Gasteiger partial charge in [0.25, 0.3) is 5.91 Å². The summed E-state index contributed by atoms with van der Waals surface area (Å²) in [6.07, 6.45) is -0.384. The molecular formula is C13H22N4O8S2. The van der Waals surface area contributed by atoms with Crippen molar-refractivity contribution in [2.75, 3.05) is 17.4 Å². The van der Waals surface area contributed by atoms with E-state index in [1.807, 2.05) is 0 Å². The number of hydrogen-bond acceptors (Lipinski definition) is 9. The van der Waals surface area contributed by atoms with Crippen LogP contribution < -0.4 is 22.1 Å². The predicted molar refractivity (Wildman–Crippen MR) is 97.9 cm³/mol. The third-order valence-electron chi connectivity index (χ3n) is 2.88. The van der Waals surface area contributed by atoms with Crippen LogP contribution in [0.5, 0.6) is 0 Å². The Kier molecular flexibility index (Phi) is 12.2. The first-order valence-corrected chi connectivity index (χ1v) is 9.70. The van der Waals surface area contributed by atoms with Crippen LogP contribution in [0.15, 0.2) is 0 Å². The fraction of sp³-hybridized carbons (Fsp3) is 0.615. The van der Waals surface area contributed by atoms with Crippen molar-refractivity contribution in [3.05, 3.63) is 0 Å². The first-order valence-electron chi connectivity index (χ1n) is 7.49. The average Bonchev–Trinajstić information content (AvgIpc) is 2.59. The largest absolute Gasteiger partial charge is 0.480 e. The molecule has 0 aliphatic heterocycles. The second-order valence-corrected chi connectivity index (χ2v) is 7.63. The van der Waals surface area contributed by atoms with Crippen LogP contribution in [0.1, 0.15) is 12.8 Å². The van der Waals surface area contributed by atoms with Gasteiger partial charge in [0, 0.05) is 17.3 Å². The van der Waals surface area contributed by atoms with Gasteiger partial charge in [0.15, 0.2) is 5.37 Å². The molecule has 0 aromatic rings. The lowest BCUT2D eigenvalue weighted by atomic mass is 10.1. The monoisotopic (exact) mass is 426 g/mol. The van der Waals surface area contributed by atoms with E-state index in [0.29, 0.717) is 0 Å². The van der Waals surface area contributed by atoms with Crippen molar-refractivity contribution in [1.29, 1.82) is 0 Å². The molecule has 0 spiro atoms. The lowest BCUT2D eigenvalue weighted by Crippen LogP contribution is -2.46. The van der Waals surface area contributed by atoms with Crippen molar-refractivity contribution in [3.8, 4) is 0 Å². The van der Waals surface area contributed by atoms with Crippen molar-refractivity contribution >= 4 is 53.2 Å². The topological polar surface area (TPSA) is 222 Å². The third-order valence-corrected chi connectivity index (χ3v) is 5.35. The Balaban J connectivity index is 4.61. The highest BCUT2D eigenvalue weighted by molar-refractivity contribution is 8.16. The van der Waals surface area contributed by atoms with Gasteiger partial charge in [0.1, 0.15) is 18.6 Å². The van der Waals surface area contributed by atoms with Gasteiger partial charge in [-0.3, -0.25) is 24.0 Å². The van der Waals surface area contributed by atoms with Crippen molar-refractivity contribution in [2.45, 2.75) is 30.3 Å². The molecule has 154 valence electrons. The summed E-state index contributed by atoms with van der Waals surface area (Å²) < 4.78 is 0. The first-order chi connectivity index (χ1) is 12.5. The van der Waals surface area contributed by atoms with Gasteiger partial charge in [-0.15, -0.1) is 23.5 Å². The van der Waals surface area contributed by atoms with Crippen LogP contribution in [0.3, 0.4) is 0 Å². The van der Waals surface area contributed by atoms with Crippen molar-refractivity contribution < 1.29 is 39.3 Å². The molecule has 12 nitrogen and oxygen atoms in total. The number of nitrogens with one attached hydrogen (secondary N) is 2. The standard InChI is InChI=1S/C13H22N4O8S2/c14-6(12(22)23)1-2-8(18)17-11(10(21)16-3-9(19)20)27-5-26-4-7(15)13(24)25/h6-7,11H,1-5,14-15H2,(H,16,21)(H,17,18)(H,19,20)(H,22,23)(H,24,25)/t6-,7+,11+/m0/s1. The van der Waals surface area contributed by atoms with Crippen LogP contribution in [0.2, 0.25) is 0 Å². The Hall–Kier alpha value is -2.03. The van der Waals surface area contributed by atoms with Gasteiger partial charge in [-0.25, -0.2) is 0 Å². The van der Waals surface area contributed by atoms with E-state index >= 15 is 0 Å². The molecule has 0 saturated carbocycles. The van der Waals surface area contributed by atoms with Gasteiger partial charge in [0.05, 0.1) is 0 Å². The summed E-state index contributed by atoms with van der Waals surface area (Å²) in [7, 11) is 0. The number of thioether (sulfide) groups is 2. The fourth-order valence-corrected chi connectivity index (χ4v) is 3.59. The van der Waals surface area contributed by atoms with E-state index in [-0.39, 0.29) is 23.7 Å². The number of amides is 2. The molecule has 0 unspecified atom stereocenters. The number of carbonyl (C=O) groups excluding carboxylic acids is 2. The molecule has 14 heteroatoms. The number of rotatable bonds is 14. The van der Waals surface area contributed by atoms with Gasteiger partial charge >= 0.3 is 17.9 Å². The molecule has 0 rings (SSSR count). The molecular weight excluding hydrogens is 404 g/mol. The van der Waals surface area contributed by atoms with Crippen molar-refractivity contribution in [2.24, 2.45) is 11.5 Å². The Morgan fingerprint density at radius 1 is 0.963 bits per heavy atom. The Labute approximate surface area is 162 Å². The van der Waals surface area contributed by atoms with Crippen LogP contribution in [0.25, 0.3) is 0 Å². The fourth-order valence-electron chi connectivity index (χ4n) is 1.43. The summed E-state index contributed by atoms with van der Waals surface area (Å²) in [5, 5.41) is 29.5. The van der Waals surface area contributed by atoms with Gasteiger partial charge in [-0.2, -0.15) is 0 Å². The average molecular weight is 426 g/mol. The second kappa shape index (κ2) is 13.2. The molecule has 0 aromatic carbocycles. The van der Waals surface area contributed by atoms with E-state index in [0.717, 1.165) is 23.5 Å². The number of nitrogens with two attached hydrogens (primary N) is 2. The van der Waals surface area contributed by atoms with Crippen LogP contribution in [-0.4, -0.2) is 79.9 Å². The van der Waals surface area contributed by atoms with E-state index < -0.39 is 53.7 Å². The minimum atomic E-state index is -1.27. The molecule has 0 aliphatic rings. The first kappa shape index (κ1) is 25.0. The lowest BCUT2D eigenvalue weighted by Gasteiger charge is -2.18. The summed E-state index contributed by atoms with van der Waals surface area (Å²) in [6, 6.07) is -2.31. The summed E-state index contributed by atoms with van der Waals surface area (Å²) >= 11 is 2.05. The van der Waals surface area contributed by atoms with Gasteiger partial charge in [-0.1, -0.05) is 0 Å². The molecule has 0 aromatic heterocycles. The molecule has 9 N–H and O–H groups in total. The van der Waals surface area contributed by atoms with E-state index in [2.05, 4.69) is 10.6 Å². The van der Waals surface area contributed by atoms with E-state index in [4.69, 9.17) is 26.8 Å². The molecule has 3 atom stereocenters. The van der Waals surface area contributed by atoms with Gasteiger partial charge in [-0.05, 0) is 6.42 Å². The maximum atomic E-state index is 12.0. The van der Waals surface area contributed by atoms with Gasteiger partial charge < -0.3 is 37.4 Å². The Morgan fingerprint density at radius 3 is 2.07 bits per heavy atom. The van der Waals surface area contributed by atoms with Crippen LogP contribution >= 0.6 is 23.5 Å². The lowest BCUT2D eigenvalue weighted by molar-refractivity contribution is -0.139. The molecule has 0 aliphatic carbocycles. The minimum Gasteiger partial charge on any atom is -0.480 e. The summed E-state index contributed by atoms with van der Waals surface area (Å²) in [5.74, 6) is -5.03. The van der Waals surface area contributed by atoms with Crippen LogP contribution in [0, 0.1) is 0 Å². The van der Waals surface area contributed by atoms with Crippen molar-refractivity contribution in [1.82, 2.24) is 10.6 Å². The Morgan fingerprint density at radius 2 is 1.56 bits per heavy atom. The molecule has 0 saturated heterocycles. The van der Waals surface area contributed by atoms with Crippen LogP contribution in [0.4, 0.5) is 0 Å². The zero-order valence-corrected chi connectivity index (χ0v) is 15.8. The van der Waals surface area contributed by atoms with E-state index in [1.54, 1.807) is 0 Å². The maximum Gasteiger partial charge on any atom is 0.322 e.